The molecule has 1 rings (SSSR count). The maximum absolute atomic E-state index is 11.2. The Morgan fingerprint density at radius 1 is 1.36 bits per heavy atom. The first kappa shape index (κ1) is 11.7. The van der Waals surface area contributed by atoms with Crippen molar-refractivity contribution in [3.05, 3.63) is 35.9 Å². The number of hydrogen-bond donors (Lipinski definition) is 1. The molecule has 5 heteroatoms. The van der Waals surface area contributed by atoms with Crippen molar-refractivity contribution in [3.8, 4) is 0 Å². The number of halogens is 1. The fraction of sp³-hybridized carbons (Fsp3) is 0.333. The van der Waals surface area contributed by atoms with E-state index < -0.39 is 10.0 Å². The zero-order valence-electron chi connectivity index (χ0n) is 7.77. The van der Waals surface area contributed by atoms with Crippen molar-refractivity contribution in [2.75, 3.05) is 4.66 Å². The van der Waals surface area contributed by atoms with Crippen molar-refractivity contribution in [3.63, 3.8) is 0 Å². The Labute approximate surface area is 92.7 Å². The number of rotatable bonds is 4. The van der Waals surface area contributed by atoms with E-state index in [1.807, 2.05) is 37.3 Å². The van der Waals surface area contributed by atoms with Gasteiger partial charge in [-0.15, -0.1) is 0 Å². The predicted molar refractivity (Wildman–Crippen MR) is 60.7 cm³/mol. The van der Waals surface area contributed by atoms with Gasteiger partial charge in [0.1, 0.15) is 4.66 Å². The van der Waals surface area contributed by atoms with Crippen molar-refractivity contribution in [1.82, 2.24) is 4.72 Å². The quantitative estimate of drug-likeness (QED) is 0.856. The molecule has 1 atom stereocenters. The second-order valence-electron chi connectivity index (χ2n) is 2.97. The van der Waals surface area contributed by atoms with E-state index in [1.165, 1.54) is 0 Å². The highest BCUT2D eigenvalue weighted by atomic mass is 79.9. The molecule has 78 valence electrons. The molecule has 0 unspecified atom stereocenters. The highest BCUT2D eigenvalue weighted by molar-refractivity contribution is 9.10. The first-order valence-electron chi connectivity index (χ1n) is 4.16. The third-order valence-electron chi connectivity index (χ3n) is 1.80. The van der Waals surface area contributed by atoms with Gasteiger partial charge in [-0.3, -0.25) is 0 Å². The molecule has 0 heterocycles. The van der Waals surface area contributed by atoms with Crippen molar-refractivity contribution < 1.29 is 8.42 Å². The lowest BCUT2D eigenvalue weighted by Gasteiger charge is -2.12. The van der Waals surface area contributed by atoms with Gasteiger partial charge in [0.2, 0.25) is 10.0 Å². The van der Waals surface area contributed by atoms with E-state index in [-0.39, 0.29) is 10.7 Å². The van der Waals surface area contributed by atoms with Crippen LogP contribution in [-0.2, 0) is 10.0 Å². The number of alkyl halides is 1. The van der Waals surface area contributed by atoms with Gasteiger partial charge in [0, 0.05) is 6.04 Å². The molecule has 14 heavy (non-hydrogen) atoms. The first-order valence-corrected chi connectivity index (χ1v) is 6.93. The highest BCUT2D eigenvalue weighted by Crippen LogP contribution is 2.12. The molecule has 3 nitrogen and oxygen atoms in total. The van der Waals surface area contributed by atoms with Crippen LogP contribution < -0.4 is 4.72 Å². The third-order valence-corrected chi connectivity index (χ3v) is 4.61. The second kappa shape index (κ2) is 4.91. The Balaban J connectivity index is 2.74. The standard InChI is InChI=1S/C9H12BrNO2S/c1-8(11-14(12,13)7-10)9-5-3-2-4-6-9/h2-6,8,11H,7H2,1H3/t8-/m1/s1. The Morgan fingerprint density at radius 2 is 1.93 bits per heavy atom. The van der Waals surface area contributed by atoms with Crippen molar-refractivity contribution >= 4 is 26.0 Å². The van der Waals surface area contributed by atoms with E-state index >= 15 is 0 Å². The van der Waals surface area contributed by atoms with Gasteiger partial charge in [0.15, 0.2) is 0 Å². The summed E-state index contributed by atoms with van der Waals surface area (Å²) in [4.78, 5) is 0. The number of benzene rings is 1. The van der Waals surface area contributed by atoms with Gasteiger partial charge in [-0.2, -0.15) is 0 Å². The van der Waals surface area contributed by atoms with Gasteiger partial charge in [-0.1, -0.05) is 46.3 Å². The minimum atomic E-state index is -3.20. The smallest absolute Gasteiger partial charge is 0.212 e. The molecule has 0 spiro atoms. The Kier molecular flexibility index (Phi) is 4.10. The van der Waals surface area contributed by atoms with Crippen molar-refractivity contribution in [1.29, 1.82) is 0 Å². The zero-order valence-corrected chi connectivity index (χ0v) is 10.2. The minimum absolute atomic E-state index is 0.0722. The van der Waals surface area contributed by atoms with Crippen LogP contribution in [0.4, 0.5) is 0 Å². The molecule has 1 N–H and O–H groups in total. The van der Waals surface area contributed by atoms with Crippen LogP contribution >= 0.6 is 15.9 Å². The predicted octanol–water partition coefficient (Wildman–Crippen LogP) is 2.02. The molecule has 0 aliphatic rings. The average Bonchev–Trinajstić information content (AvgIpc) is 2.19. The van der Waals surface area contributed by atoms with E-state index in [4.69, 9.17) is 0 Å². The molecule has 1 aromatic carbocycles. The molecule has 0 saturated heterocycles. The normalized spacial score (nSPS) is 13.9. The van der Waals surface area contributed by atoms with Crippen LogP contribution in [0.1, 0.15) is 18.5 Å². The Morgan fingerprint density at radius 3 is 2.43 bits per heavy atom. The Hall–Kier alpha value is -0.390. The second-order valence-corrected chi connectivity index (χ2v) is 6.03. The molecule has 0 radical (unpaired) electrons. The summed E-state index contributed by atoms with van der Waals surface area (Å²) in [6.45, 7) is 1.82. The van der Waals surface area contributed by atoms with Crippen molar-refractivity contribution in [2.24, 2.45) is 0 Å². The fourth-order valence-corrected chi connectivity index (χ4v) is 2.24. The van der Waals surface area contributed by atoms with Crippen LogP contribution in [0, 0.1) is 0 Å². The van der Waals surface area contributed by atoms with Gasteiger partial charge in [0.25, 0.3) is 0 Å². The largest absolute Gasteiger partial charge is 0.222 e. The lowest BCUT2D eigenvalue weighted by atomic mass is 10.1. The van der Waals surface area contributed by atoms with Crippen LogP contribution in [-0.4, -0.2) is 13.1 Å². The summed E-state index contributed by atoms with van der Waals surface area (Å²) in [5, 5.41) is 0. The topological polar surface area (TPSA) is 46.2 Å². The van der Waals surface area contributed by atoms with Crippen LogP contribution in [0.2, 0.25) is 0 Å². The van der Waals surface area contributed by atoms with E-state index in [0.29, 0.717) is 0 Å². The van der Waals surface area contributed by atoms with Crippen LogP contribution in [0.5, 0.6) is 0 Å². The number of hydrogen-bond acceptors (Lipinski definition) is 2. The first-order chi connectivity index (χ1) is 6.55. The lowest BCUT2D eigenvalue weighted by Crippen LogP contribution is -2.27. The summed E-state index contributed by atoms with van der Waals surface area (Å²) in [7, 11) is -3.20. The van der Waals surface area contributed by atoms with E-state index in [2.05, 4.69) is 20.7 Å². The Bertz CT molecular complexity index is 377. The summed E-state index contributed by atoms with van der Waals surface area (Å²) in [5.41, 5.74) is 0.956. The van der Waals surface area contributed by atoms with Gasteiger partial charge in [0.05, 0.1) is 0 Å². The maximum Gasteiger partial charge on any atom is 0.222 e. The third kappa shape index (κ3) is 3.40. The summed E-state index contributed by atoms with van der Waals surface area (Å²) in [6.07, 6.45) is 0. The molecule has 0 amide bonds. The molecule has 0 bridgehead atoms. The summed E-state index contributed by atoms with van der Waals surface area (Å²) >= 11 is 2.92. The SMILES string of the molecule is C[C@@H](NS(=O)(=O)CBr)c1ccccc1. The summed E-state index contributed by atoms with van der Waals surface area (Å²) in [6, 6.07) is 9.25. The molecule has 0 aromatic heterocycles. The number of nitrogens with one attached hydrogen (secondary N) is 1. The molecule has 0 saturated carbocycles. The maximum atomic E-state index is 11.2. The molecule has 0 fully saturated rings. The lowest BCUT2D eigenvalue weighted by molar-refractivity contribution is 0.572. The molecule has 0 aliphatic heterocycles. The molecular formula is C9H12BrNO2S. The molecular weight excluding hydrogens is 266 g/mol. The number of sulfonamides is 1. The van der Waals surface area contributed by atoms with Crippen molar-refractivity contribution in [2.45, 2.75) is 13.0 Å². The molecule has 0 aliphatic carbocycles. The fourth-order valence-electron chi connectivity index (χ4n) is 1.11. The van der Waals surface area contributed by atoms with Crippen LogP contribution in [0.15, 0.2) is 30.3 Å². The van der Waals surface area contributed by atoms with E-state index in [9.17, 15) is 8.42 Å². The monoisotopic (exact) mass is 277 g/mol. The van der Waals surface area contributed by atoms with Crippen LogP contribution in [0.3, 0.4) is 0 Å². The van der Waals surface area contributed by atoms with Gasteiger partial charge >= 0.3 is 0 Å². The average molecular weight is 278 g/mol. The van der Waals surface area contributed by atoms with Gasteiger partial charge in [-0.25, -0.2) is 13.1 Å². The summed E-state index contributed by atoms with van der Waals surface area (Å²) in [5.74, 6) is 0. The van der Waals surface area contributed by atoms with E-state index in [0.717, 1.165) is 5.56 Å². The molecule has 1 aromatic rings. The van der Waals surface area contributed by atoms with Gasteiger partial charge in [-0.05, 0) is 12.5 Å². The highest BCUT2D eigenvalue weighted by Gasteiger charge is 2.13. The minimum Gasteiger partial charge on any atom is -0.212 e. The zero-order chi connectivity index (χ0) is 10.6. The summed E-state index contributed by atoms with van der Waals surface area (Å²) < 4.78 is 24.9. The van der Waals surface area contributed by atoms with Gasteiger partial charge < -0.3 is 0 Å². The van der Waals surface area contributed by atoms with Crippen LogP contribution in [0.25, 0.3) is 0 Å². The van der Waals surface area contributed by atoms with E-state index in [1.54, 1.807) is 0 Å².